The zero-order chi connectivity index (χ0) is 13.4. The Morgan fingerprint density at radius 3 is 2.00 bits per heavy atom. The van der Waals surface area contributed by atoms with E-state index in [2.05, 4.69) is 0 Å². The summed E-state index contributed by atoms with van der Waals surface area (Å²) in [5.41, 5.74) is -1.12. The lowest BCUT2D eigenvalue weighted by molar-refractivity contribution is -0.139. The summed E-state index contributed by atoms with van der Waals surface area (Å²) in [6.45, 7) is 6.53. The summed E-state index contributed by atoms with van der Waals surface area (Å²) in [5.74, 6) is -0.482. The van der Waals surface area contributed by atoms with E-state index in [4.69, 9.17) is 0 Å². The summed E-state index contributed by atoms with van der Waals surface area (Å²) in [5, 5.41) is 19.5. The standard InChI is InChI=1S/C11H20N2O4/c1-5-7(14)12-9(16)11(3,4)13(10(12)17)8(15)6-2/h7-8,14-15H,5-6H2,1-4H3. The molecular weight excluding hydrogens is 224 g/mol. The number of aliphatic hydroxyl groups is 2. The second-order valence-electron chi connectivity index (χ2n) is 4.66. The molecule has 2 atom stereocenters. The van der Waals surface area contributed by atoms with Crippen molar-refractivity contribution in [3.63, 3.8) is 0 Å². The molecule has 6 nitrogen and oxygen atoms in total. The minimum Gasteiger partial charge on any atom is -0.373 e. The van der Waals surface area contributed by atoms with Crippen molar-refractivity contribution in [3.8, 4) is 0 Å². The Kier molecular flexibility index (Phi) is 3.78. The van der Waals surface area contributed by atoms with Gasteiger partial charge >= 0.3 is 6.03 Å². The van der Waals surface area contributed by atoms with Crippen molar-refractivity contribution in [2.75, 3.05) is 0 Å². The van der Waals surface area contributed by atoms with Crippen LogP contribution in [0.4, 0.5) is 4.79 Å². The summed E-state index contributed by atoms with van der Waals surface area (Å²) in [4.78, 5) is 26.0. The number of hydrogen-bond donors (Lipinski definition) is 2. The van der Waals surface area contributed by atoms with Gasteiger partial charge in [0.2, 0.25) is 0 Å². The number of urea groups is 1. The Morgan fingerprint density at radius 2 is 1.59 bits per heavy atom. The Balaban J connectivity index is 3.11. The topological polar surface area (TPSA) is 81.1 Å². The van der Waals surface area contributed by atoms with Crippen LogP contribution in [0.2, 0.25) is 0 Å². The lowest BCUT2D eigenvalue weighted by Gasteiger charge is -2.31. The zero-order valence-electron chi connectivity index (χ0n) is 10.7. The maximum Gasteiger partial charge on any atom is 0.331 e. The van der Waals surface area contributed by atoms with Gasteiger partial charge in [0.15, 0.2) is 0 Å². The van der Waals surface area contributed by atoms with Gasteiger partial charge in [0.1, 0.15) is 18.0 Å². The Hall–Kier alpha value is -1.14. The van der Waals surface area contributed by atoms with Crippen LogP contribution < -0.4 is 0 Å². The smallest absolute Gasteiger partial charge is 0.331 e. The predicted octanol–water partition coefficient (Wildman–Crippen LogP) is 0.486. The van der Waals surface area contributed by atoms with E-state index in [1.165, 1.54) is 0 Å². The number of carbonyl (C=O) groups is 2. The highest BCUT2D eigenvalue weighted by atomic mass is 16.3. The number of imide groups is 1. The molecule has 1 aliphatic rings. The molecule has 0 radical (unpaired) electrons. The summed E-state index contributed by atoms with van der Waals surface area (Å²) in [6, 6.07) is -0.635. The van der Waals surface area contributed by atoms with Gasteiger partial charge in [-0.2, -0.15) is 0 Å². The lowest BCUT2D eigenvalue weighted by Crippen LogP contribution is -2.49. The molecule has 1 heterocycles. The highest BCUT2D eigenvalue weighted by molar-refractivity contribution is 6.06. The van der Waals surface area contributed by atoms with E-state index in [0.717, 1.165) is 9.80 Å². The molecule has 0 saturated carbocycles. The van der Waals surface area contributed by atoms with Gasteiger partial charge in [-0.25, -0.2) is 9.69 Å². The minimum absolute atomic E-state index is 0.267. The van der Waals surface area contributed by atoms with Crippen LogP contribution in [0.25, 0.3) is 0 Å². The number of nitrogens with zero attached hydrogens (tertiary/aromatic N) is 2. The molecule has 3 amide bonds. The van der Waals surface area contributed by atoms with Gasteiger partial charge in [-0.3, -0.25) is 9.69 Å². The number of amides is 3. The molecule has 0 spiro atoms. The van der Waals surface area contributed by atoms with Crippen molar-refractivity contribution in [2.24, 2.45) is 0 Å². The minimum atomic E-state index is -1.14. The number of rotatable bonds is 4. The lowest BCUT2D eigenvalue weighted by atomic mass is 10.0. The van der Waals surface area contributed by atoms with Gasteiger partial charge < -0.3 is 10.2 Å². The van der Waals surface area contributed by atoms with Crippen LogP contribution in [-0.4, -0.2) is 49.9 Å². The van der Waals surface area contributed by atoms with E-state index >= 15 is 0 Å². The number of hydrogen-bond acceptors (Lipinski definition) is 4. The van der Waals surface area contributed by atoms with Crippen LogP contribution in [0.15, 0.2) is 0 Å². The van der Waals surface area contributed by atoms with Crippen LogP contribution in [0, 0.1) is 0 Å². The molecule has 0 aliphatic carbocycles. The third kappa shape index (κ3) is 2.02. The monoisotopic (exact) mass is 244 g/mol. The molecule has 98 valence electrons. The van der Waals surface area contributed by atoms with Crippen LogP contribution in [0.1, 0.15) is 40.5 Å². The molecule has 1 rings (SSSR count). The molecule has 17 heavy (non-hydrogen) atoms. The van der Waals surface area contributed by atoms with Crippen LogP contribution in [0.5, 0.6) is 0 Å². The van der Waals surface area contributed by atoms with Crippen molar-refractivity contribution >= 4 is 11.9 Å². The van der Waals surface area contributed by atoms with Crippen LogP contribution >= 0.6 is 0 Å². The van der Waals surface area contributed by atoms with E-state index in [-0.39, 0.29) is 6.42 Å². The largest absolute Gasteiger partial charge is 0.373 e. The van der Waals surface area contributed by atoms with Gasteiger partial charge in [-0.15, -0.1) is 0 Å². The molecule has 0 aromatic heterocycles. The Labute approximate surface area is 101 Å². The Morgan fingerprint density at radius 1 is 1.12 bits per heavy atom. The highest BCUT2D eigenvalue weighted by Crippen LogP contribution is 2.31. The molecule has 2 unspecified atom stereocenters. The van der Waals surface area contributed by atoms with Crippen molar-refractivity contribution < 1.29 is 19.8 Å². The van der Waals surface area contributed by atoms with Gasteiger partial charge in [0.05, 0.1) is 0 Å². The van der Waals surface area contributed by atoms with Gasteiger partial charge in [-0.05, 0) is 26.7 Å². The van der Waals surface area contributed by atoms with Gasteiger partial charge in [0.25, 0.3) is 5.91 Å². The average molecular weight is 244 g/mol. The maximum atomic E-state index is 12.1. The first kappa shape index (κ1) is 13.9. The SMILES string of the molecule is CCC(O)N1C(=O)N(C(O)CC)C(C)(C)C1=O. The average Bonchev–Trinajstić information content (AvgIpc) is 2.44. The highest BCUT2D eigenvalue weighted by Gasteiger charge is 2.54. The van der Waals surface area contributed by atoms with E-state index in [1.807, 2.05) is 0 Å². The van der Waals surface area contributed by atoms with Crippen molar-refractivity contribution in [2.45, 2.75) is 58.5 Å². The first-order valence-corrected chi connectivity index (χ1v) is 5.82. The van der Waals surface area contributed by atoms with E-state index in [1.54, 1.807) is 27.7 Å². The maximum absolute atomic E-state index is 12.1. The molecule has 6 heteroatoms. The summed E-state index contributed by atoms with van der Waals surface area (Å²) < 4.78 is 0. The van der Waals surface area contributed by atoms with Crippen LogP contribution in [-0.2, 0) is 4.79 Å². The molecule has 1 saturated heterocycles. The summed E-state index contributed by atoms with van der Waals surface area (Å²) >= 11 is 0. The van der Waals surface area contributed by atoms with Crippen molar-refractivity contribution in [1.29, 1.82) is 0 Å². The number of aliphatic hydroxyl groups excluding tert-OH is 2. The number of carbonyl (C=O) groups excluding carboxylic acids is 2. The molecular formula is C11H20N2O4. The molecule has 2 N–H and O–H groups in total. The van der Waals surface area contributed by atoms with Crippen molar-refractivity contribution in [3.05, 3.63) is 0 Å². The summed E-state index contributed by atoms with van der Waals surface area (Å²) in [7, 11) is 0. The summed E-state index contributed by atoms with van der Waals surface area (Å²) in [6.07, 6.45) is -1.55. The van der Waals surface area contributed by atoms with Gasteiger partial charge in [0, 0.05) is 0 Å². The van der Waals surface area contributed by atoms with Crippen LogP contribution in [0.3, 0.4) is 0 Å². The Bertz CT molecular complexity index is 329. The first-order valence-electron chi connectivity index (χ1n) is 5.82. The van der Waals surface area contributed by atoms with E-state index in [0.29, 0.717) is 6.42 Å². The van der Waals surface area contributed by atoms with Gasteiger partial charge in [-0.1, -0.05) is 13.8 Å². The second-order valence-corrected chi connectivity index (χ2v) is 4.66. The fourth-order valence-corrected chi connectivity index (χ4v) is 1.97. The quantitative estimate of drug-likeness (QED) is 0.705. The molecule has 0 bridgehead atoms. The normalized spacial score (nSPS) is 23.2. The third-order valence-corrected chi connectivity index (χ3v) is 3.08. The molecule has 1 aliphatic heterocycles. The van der Waals surface area contributed by atoms with E-state index < -0.39 is 29.9 Å². The van der Waals surface area contributed by atoms with E-state index in [9.17, 15) is 19.8 Å². The second kappa shape index (κ2) is 4.62. The third-order valence-electron chi connectivity index (χ3n) is 3.08. The first-order chi connectivity index (χ1) is 7.78. The molecule has 0 aromatic rings. The fraction of sp³-hybridized carbons (Fsp3) is 0.818. The fourth-order valence-electron chi connectivity index (χ4n) is 1.97. The molecule has 0 aromatic carbocycles. The molecule has 1 fully saturated rings. The predicted molar refractivity (Wildman–Crippen MR) is 60.8 cm³/mol. The van der Waals surface area contributed by atoms with Crippen molar-refractivity contribution in [1.82, 2.24) is 9.80 Å². The zero-order valence-corrected chi connectivity index (χ0v) is 10.7.